The molecule has 0 aromatic heterocycles. The molecule has 0 nitrogen and oxygen atoms in total. The molecule has 0 unspecified atom stereocenters. The summed E-state index contributed by atoms with van der Waals surface area (Å²) in [5.74, 6) is 0. The zero-order valence-electron chi connectivity index (χ0n) is 9.30. The van der Waals surface area contributed by atoms with Gasteiger partial charge in [-0.1, -0.05) is 49.4 Å². The third kappa shape index (κ3) is 2.88. The van der Waals surface area contributed by atoms with Gasteiger partial charge in [0.05, 0.1) is 0 Å². The maximum atomic E-state index is 3.94. The molecule has 0 saturated heterocycles. The maximum Gasteiger partial charge on any atom is -0.0254 e. The summed E-state index contributed by atoms with van der Waals surface area (Å²) in [6.45, 7) is 10.3. The van der Waals surface area contributed by atoms with Gasteiger partial charge in [-0.3, -0.25) is 0 Å². The van der Waals surface area contributed by atoms with Crippen LogP contribution in [0.1, 0.15) is 30.0 Å². The molecule has 0 aliphatic carbocycles. The van der Waals surface area contributed by atoms with E-state index in [1.165, 1.54) is 22.3 Å². The van der Waals surface area contributed by atoms with Crippen molar-refractivity contribution in [3.8, 4) is 0 Å². The van der Waals surface area contributed by atoms with Gasteiger partial charge in [-0.2, -0.15) is 0 Å². The second-order valence-corrected chi connectivity index (χ2v) is 3.69. The van der Waals surface area contributed by atoms with Gasteiger partial charge in [-0.15, -0.1) is 0 Å². The Balaban J connectivity index is 2.83. The average Bonchev–Trinajstić information content (AvgIpc) is 2.19. The molecule has 0 heteroatoms. The summed E-state index contributed by atoms with van der Waals surface area (Å²) in [5.41, 5.74) is 5.11. The molecule has 14 heavy (non-hydrogen) atoms. The minimum atomic E-state index is 1.02. The lowest BCUT2D eigenvalue weighted by Gasteiger charge is -2.00. The van der Waals surface area contributed by atoms with E-state index in [0.717, 1.165) is 6.42 Å². The Morgan fingerprint density at radius 1 is 1.29 bits per heavy atom. The van der Waals surface area contributed by atoms with Gasteiger partial charge in [0.15, 0.2) is 0 Å². The van der Waals surface area contributed by atoms with Gasteiger partial charge in [0.2, 0.25) is 0 Å². The van der Waals surface area contributed by atoms with Crippen molar-refractivity contribution in [2.75, 3.05) is 0 Å². The summed E-state index contributed by atoms with van der Waals surface area (Å²) in [6.07, 6.45) is 5.23. The largest absolute Gasteiger partial charge is 0.0958 e. The van der Waals surface area contributed by atoms with Crippen molar-refractivity contribution in [2.24, 2.45) is 0 Å². The molecule has 74 valence electrons. The molecular weight excluding hydrogens is 168 g/mol. The molecule has 0 aliphatic heterocycles. The summed E-state index contributed by atoms with van der Waals surface area (Å²) in [6, 6.07) is 6.50. The summed E-state index contributed by atoms with van der Waals surface area (Å²) in [7, 11) is 0. The number of hydrogen-bond donors (Lipinski definition) is 0. The fraction of sp³-hybridized carbons (Fsp3) is 0.286. The first-order valence-electron chi connectivity index (χ1n) is 5.06. The Morgan fingerprint density at radius 3 is 2.57 bits per heavy atom. The predicted octanol–water partition coefficient (Wildman–Crippen LogP) is 4.28. The lowest BCUT2D eigenvalue weighted by molar-refractivity contribution is 1.16. The third-order valence-corrected chi connectivity index (χ3v) is 2.50. The highest BCUT2D eigenvalue weighted by Crippen LogP contribution is 2.12. The minimum absolute atomic E-state index is 1.02. The van der Waals surface area contributed by atoms with Gasteiger partial charge in [0.25, 0.3) is 0 Å². The van der Waals surface area contributed by atoms with Crippen molar-refractivity contribution in [1.82, 2.24) is 0 Å². The molecule has 0 bridgehead atoms. The Morgan fingerprint density at radius 2 is 2.00 bits per heavy atom. The van der Waals surface area contributed by atoms with Crippen LogP contribution in [0, 0.1) is 13.8 Å². The van der Waals surface area contributed by atoms with Gasteiger partial charge >= 0.3 is 0 Å². The molecule has 0 amide bonds. The summed E-state index contributed by atoms with van der Waals surface area (Å²) < 4.78 is 0. The molecule has 1 aromatic rings. The summed E-state index contributed by atoms with van der Waals surface area (Å²) in [5, 5.41) is 0. The molecule has 0 N–H and O–H groups in total. The van der Waals surface area contributed by atoms with Gasteiger partial charge in [0, 0.05) is 0 Å². The van der Waals surface area contributed by atoms with Crippen LogP contribution < -0.4 is 0 Å². The van der Waals surface area contributed by atoms with Crippen molar-refractivity contribution in [1.29, 1.82) is 0 Å². The van der Waals surface area contributed by atoms with Gasteiger partial charge in [-0.05, 0) is 37.0 Å². The highest BCUT2D eigenvalue weighted by atomic mass is 14.0. The second kappa shape index (κ2) is 4.80. The SMILES string of the molecule is C=C(/C=C/c1ccc(C)c(C)c1)CC. The Bertz CT molecular complexity index is 356. The van der Waals surface area contributed by atoms with E-state index in [1.807, 2.05) is 0 Å². The Hall–Kier alpha value is -1.30. The van der Waals surface area contributed by atoms with Crippen LogP contribution >= 0.6 is 0 Å². The van der Waals surface area contributed by atoms with E-state index in [9.17, 15) is 0 Å². The molecule has 0 spiro atoms. The normalized spacial score (nSPS) is 10.8. The van der Waals surface area contributed by atoms with Crippen molar-refractivity contribution in [2.45, 2.75) is 27.2 Å². The fourth-order valence-electron chi connectivity index (χ4n) is 1.20. The zero-order valence-corrected chi connectivity index (χ0v) is 9.30. The smallest absolute Gasteiger partial charge is 0.0254 e. The van der Waals surface area contributed by atoms with Gasteiger partial charge in [0.1, 0.15) is 0 Å². The quantitative estimate of drug-likeness (QED) is 0.618. The van der Waals surface area contributed by atoms with Crippen LogP contribution in [-0.4, -0.2) is 0 Å². The maximum absolute atomic E-state index is 3.94. The van der Waals surface area contributed by atoms with Crippen LogP contribution in [0.2, 0.25) is 0 Å². The Kier molecular flexibility index (Phi) is 3.70. The minimum Gasteiger partial charge on any atom is -0.0958 e. The van der Waals surface area contributed by atoms with Crippen LogP contribution in [0.5, 0.6) is 0 Å². The first kappa shape index (κ1) is 10.8. The highest BCUT2D eigenvalue weighted by molar-refractivity contribution is 5.54. The predicted molar refractivity (Wildman–Crippen MR) is 64.4 cm³/mol. The number of benzene rings is 1. The molecule has 0 atom stereocenters. The lowest BCUT2D eigenvalue weighted by Crippen LogP contribution is -1.81. The first-order valence-corrected chi connectivity index (χ1v) is 5.06. The average molecular weight is 186 g/mol. The van der Waals surface area contributed by atoms with Crippen molar-refractivity contribution >= 4 is 6.08 Å². The fourth-order valence-corrected chi connectivity index (χ4v) is 1.20. The van der Waals surface area contributed by atoms with Crippen LogP contribution in [-0.2, 0) is 0 Å². The Labute approximate surface area is 87.0 Å². The highest BCUT2D eigenvalue weighted by Gasteiger charge is 1.92. The lowest BCUT2D eigenvalue weighted by atomic mass is 10.1. The third-order valence-electron chi connectivity index (χ3n) is 2.50. The van der Waals surface area contributed by atoms with E-state index >= 15 is 0 Å². The van der Waals surface area contributed by atoms with E-state index in [4.69, 9.17) is 0 Å². The molecular formula is C14H18. The van der Waals surface area contributed by atoms with E-state index in [0.29, 0.717) is 0 Å². The second-order valence-electron chi connectivity index (χ2n) is 3.69. The number of rotatable bonds is 3. The van der Waals surface area contributed by atoms with Gasteiger partial charge in [-0.25, -0.2) is 0 Å². The molecule has 1 aromatic carbocycles. The standard InChI is InChI=1S/C14H18/c1-5-11(2)6-8-14-9-7-12(3)13(4)10-14/h6-10H,2,5H2,1,3-4H3/b8-6+. The molecule has 0 saturated carbocycles. The van der Waals surface area contributed by atoms with Gasteiger partial charge < -0.3 is 0 Å². The zero-order chi connectivity index (χ0) is 10.6. The summed E-state index contributed by atoms with van der Waals surface area (Å²) >= 11 is 0. The first-order chi connectivity index (χ1) is 6.63. The number of allylic oxidation sites excluding steroid dienone is 2. The monoisotopic (exact) mass is 186 g/mol. The molecule has 0 heterocycles. The van der Waals surface area contributed by atoms with E-state index in [2.05, 4.69) is 57.7 Å². The van der Waals surface area contributed by atoms with Crippen molar-refractivity contribution in [3.05, 3.63) is 53.1 Å². The molecule has 0 aliphatic rings. The molecule has 1 rings (SSSR count). The van der Waals surface area contributed by atoms with Crippen LogP contribution in [0.4, 0.5) is 0 Å². The van der Waals surface area contributed by atoms with E-state index in [-0.39, 0.29) is 0 Å². The van der Waals surface area contributed by atoms with Crippen molar-refractivity contribution < 1.29 is 0 Å². The molecule has 0 fully saturated rings. The number of aryl methyl sites for hydroxylation is 2. The van der Waals surface area contributed by atoms with Crippen LogP contribution in [0.25, 0.3) is 6.08 Å². The van der Waals surface area contributed by atoms with Crippen LogP contribution in [0.15, 0.2) is 36.4 Å². The molecule has 0 radical (unpaired) electrons. The van der Waals surface area contributed by atoms with Crippen LogP contribution in [0.3, 0.4) is 0 Å². The topological polar surface area (TPSA) is 0 Å². The van der Waals surface area contributed by atoms with Crippen molar-refractivity contribution in [3.63, 3.8) is 0 Å². The number of hydrogen-bond acceptors (Lipinski definition) is 0. The summed E-state index contributed by atoms with van der Waals surface area (Å²) in [4.78, 5) is 0. The van der Waals surface area contributed by atoms with E-state index in [1.54, 1.807) is 0 Å². The van der Waals surface area contributed by atoms with E-state index < -0.39 is 0 Å².